The lowest BCUT2D eigenvalue weighted by Crippen LogP contribution is -2.43. The second kappa shape index (κ2) is 7.73. The highest BCUT2D eigenvalue weighted by atomic mass is 35.5. The van der Waals surface area contributed by atoms with Gasteiger partial charge in [0.1, 0.15) is 11.9 Å². The summed E-state index contributed by atoms with van der Waals surface area (Å²) in [6.07, 6.45) is 2.88. The van der Waals surface area contributed by atoms with Gasteiger partial charge >= 0.3 is 0 Å². The largest absolute Gasteiger partial charge is 0.488 e. The molecule has 2 aliphatic heterocycles. The normalized spacial score (nSPS) is 24.2. The minimum atomic E-state index is -0.00581. The molecule has 122 valence electrons. The van der Waals surface area contributed by atoms with E-state index in [1.807, 2.05) is 4.90 Å². The minimum Gasteiger partial charge on any atom is -0.488 e. The Bertz CT molecular complexity index is 536. The molecule has 1 amide bonds. The molecule has 22 heavy (non-hydrogen) atoms. The zero-order chi connectivity index (χ0) is 14.8. The van der Waals surface area contributed by atoms with Crippen LogP contribution in [0.1, 0.15) is 19.3 Å². The Hall–Kier alpha value is -0.680. The van der Waals surface area contributed by atoms with Gasteiger partial charge in [-0.2, -0.15) is 0 Å². The second-order valence-corrected chi connectivity index (χ2v) is 6.35. The first-order valence-corrected chi connectivity index (χ1v) is 8.03. The Morgan fingerprint density at radius 3 is 2.77 bits per heavy atom. The van der Waals surface area contributed by atoms with Crippen molar-refractivity contribution in [2.75, 3.05) is 19.6 Å². The Morgan fingerprint density at radius 2 is 2.09 bits per heavy atom. The van der Waals surface area contributed by atoms with Crippen LogP contribution in [0.15, 0.2) is 18.2 Å². The molecule has 0 aliphatic carbocycles. The molecular formula is C15H19Cl3N2O2. The van der Waals surface area contributed by atoms with Gasteiger partial charge in [0.05, 0.1) is 22.6 Å². The second-order valence-electron chi connectivity index (χ2n) is 5.54. The van der Waals surface area contributed by atoms with Crippen LogP contribution >= 0.6 is 35.6 Å². The summed E-state index contributed by atoms with van der Waals surface area (Å²) in [4.78, 5) is 14.2. The molecule has 2 heterocycles. The summed E-state index contributed by atoms with van der Waals surface area (Å²) in [5.41, 5.74) is 0. The van der Waals surface area contributed by atoms with Gasteiger partial charge in [-0.15, -0.1) is 12.4 Å². The molecule has 2 aliphatic rings. The molecule has 3 rings (SSSR count). The summed E-state index contributed by atoms with van der Waals surface area (Å²) in [7, 11) is 0. The SMILES string of the molecule is Cl.O=C(C1CCCN1)N1CCC(Oc2ccc(Cl)c(Cl)c2)C1. The predicted octanol–water partition coefficient (Wildman–Crippen LogP) is 3.15. The molecule has 1 N–H and O–H groups in total. The summed E-state index contributed by atoms with van der Waals surface area (Å²) in [6, 6.07) is 5.23. The van der Waals surface area contributed by atoms with Crippen molar-refractivity contribution < 1.29 is 9.53 Å². The number of carbonyl (C=O) groups is 1. The smallest absolute Gasteiger partial charge is 0.239 e. The van der Waals surface area contributed by atoms with Crippen LogP contribution in [0.4, 0.5) is 0 Å². The molecule has 0 bridgehead atoms. The molecule has 2 unspecified atom stereocenters. The highest BCUT2D eigenvalue weighted by molar-refractivity contribution is 6.42. The first kappa shape index (κ1) is 17.7. The van der Waals surface area contributed by atoms with Gasteiger partial charge in [0.15, 0.2) is 0 Å². The van der Waals surface area contributed by atoms with Gasteiger partial charge in [-0.25, -0.2) is 0 Å². The lowest BCUT2D eigenvalue weighted by atomic mass is 10.2. The summed E-state index contributed by atoms with van der Waals surface area (Å²) >= 11 is 11.9. The number of benzene rings is 1. The number of hydrogen-bond donors (Lipinski definition) is 1. The van der Waals surface area contributed by atoms with E-state index in [4.69, 9.17) is 27.9 Å². The summed E-state index contributed by atoms with van der Waals surface area (Å²) in [5.74, 6) is 0.899. The van der Waals surface area contributed by atoms with E-state index in [2.05, 4.69) is 5.32 Å². The van der Waals surface area contributed by atoms with E-state index in [-0.39, 0.29) is 30.5 Å². The first-order chi connectivity index (χ1) is 10.1. The van der Waals surface area contributed by atoms with E-state index in [1.165, 1.54) is 0 Å². The van der Waals surface area contributed by atoms with Gasteiger partial charge in [-0.05, 0) is 31.5 Å². The van der Waals surface area contributed by atoms with Crippen LogP contribution in [-0.2, 0) is 4.79 Å². The third-order valence-corrected chi connectivity index (χ3v) is 4.75. The van der Waals surface area contributed by atoms with Crippen molar-refractivity contribution in [3.63, 3.8) is 0 Å². The highest BCUT2D eigenvalue weighted by Gasteiger charge is 2.32. The maximum absolute atomic E-state index is 12.3. The van der Waals surface area contributed by atoms with Crippen LogP contribution in [0, 0.1) is 0 Å². The van der Waals surface area contributed by atoms with Crippen LogP contribution in [-0.4, -0.2) is 42.6 Å². The van der Waals surface area contributed by atoms with E-state index in [9.17, 15) is 4.79 Å². The maximum atomic E-state index is 12.3. The van der Waals surface area contributed by atoms with E-state index in [0.717, 1.165) is 32.4 Å². The highest BCUT2D eigenvalue weighted by Crippen LogP contribution is 2.28. The molecule has 0 saturated carbocycles. The average Bonchev–Trinajstić information content (AvgIpc) is 3.13. The van der Waals surface area contributed by atoms with Crippen LogP contribution in [0.5, 0.6) is 5.75 Å². The molecule has 1 aromatic carbocycles. The van der Waals surface area contributed by atoms with Crippen molar-refractivity contribution in [2.24, 2.45) is 0 Å². The summed E-state index contributed by atoms with van der Waals surface area (Å²) in [6.45, 7) is 2.33. The zero-order valence-corrected chi connectivity index (χ0v) is 14.4. The quantitative estimate of drug-likeness (QED) is 0.894. The average molecular weight is 366 g/mol. The number of amides is 1. The van der Waals surface area contributed by atoms with Crippen LogP contribution in [0.2, 0.25) is 10.0 Å². The number of hydrogen-bond acceptors (Lipinski definition) is 3. The predicted molar refractivity (Wildman–Crippen MR) is 90.3 cm³/mol. The Labute approximate surface area is 146 Å². The molecule has 2 fully saturated rings. The number of rotatable bonds is 3. The van der Waals surface area contributed by atoms with Crippen molar-refractivity contribution in [1.29, 1.82) is 0 Å². The monoisotopic (exact) mass is 364 g/mol. The molecule has 7 heteroatoms. The minimum absolute atomic E-state index is 0. The van der Waals surface area contributed by atoms with Crippen LogP contribution in [0.25, 0.3) is 0 Å². The van der Waals surface area contributed by atoms with Gasteiger partial charge < -0.3 is 15.0 Å². The number of carbonyl (C=O) groups excluding carboxylic acids is 1. The van der Waals surface area contributed by atoms with Gasteiger partial charge in [-0.1, -0.05) is 23.2 Å². The number of halogens is 3. The molecule has 2 saturated heterocycles. The molecule has 0 radical (unpaired) electrons. The summed E-state index contributed by atoms with van der Waals surface area (Å²) < 4.78 is 5.90. The fourth-order valence-electron chi connectivity index (χ4n) is 2.88. The zero-order valence-electron chi connectivity index (χ0n) is 12.1. The molecule has 0 aromatic heterocycles. The molecule has 2 atom stereocenters. The van der Waals surface area contributed by atoms with Gasteiger partial charge in [-0.3, -0.25) is 4.79 Å². The fourth-order valence-corrected chi connectivity index (χ4v) is 3.17. The lowest BCUT2D eigenvalue weighted by Gasteiger charge is -2.21. The number of nitrogens with one attached hydrogen (secondary N) is 1. The van der Waals surface area contributed by atoms with E-state index in [1.54, 1.807) is 18.2 Å². The fraction of sp³-hybridized carbons (Fsp3) is 0.533. The van der Waals surface area contributed by atoms with Crippen molar-refractivity contribution in [2.45, 2.75) is 31.4 Å². The van der Waals surface area contributed by atoms with E-state index < -0.39 is 0 Å². The Balaban J connectivity index is 0.00000176. The van der Waals surface area contributed by atoms with Crippen molar-refractivity contribution in [3.8, 4) is 5.75 Å². The van der Waals surface area contributed by atoms with Gasteiger partial charge in [0, 0.05) is 19.0 Å². The Kier molecular flexibility index (Phi) is 6.21. The molecule has 0 spiro atoms. The maximum Gasteiger partial charge on any atom is 0.239 e. The molecule has 1 aromatic rings. The number of likely N-dealkylation sites (tertiary alicyclic amines) is 1. The first-order valence-electron chi connectivity index (χ1n) is 7.27. The summed E-state index contributed by atoms with van der Waals surface area (Å²) in [5, 5.41) is 4.24. The van der Waals surface area contributed by atoms with Crippen molar-refractivity contribution in [3.05, 3.63) is 28.2 Å². The third kappa shape index (κ3) is 3.99. The number of nitrogens with zero attached hydrogens (tertiary/aromatic N) is 1. The van der Waals surface area contributed by atoms with E-state index in [0.29, 0.717) is 22.3 Å². The van der Waals surface area contributed by atoms with E-state index >= 15 is 0 Å². The molecule has 4 nitrogen and oxygen atoms in total. The Morgan fingerprint density at radius 1 is 1.27 bits per heavy atom. The van der Waals surface area contributed by atoms with Gasteiger partial charge in [0.2, 0.25) is 5.91 Å². The standard InChI is InChI=1S/C15H18Cl2N2O2.ClH/c16-12-4-3-10(8-13(12)17)21-11-5-7-19(9-11)15(20)14-2-1-6-18-14;/h3-4,8,11,14,18H,1-2,5-7,9H2;1H. The van der Waals surface area contributed by atoms with Gasteiger partial charge in [0.25, 0.3) is 0 Å². The third-order valence-electron chi connectivity index (χ3n) is 4.01. The van der Waals surface area contributed by atoms with Crippen molar-refractivity contribution >= 4 is 41.5 Å². The van der Waals surface area contributed by atoms with Crippen molar-refractivity contribution in [1.82, 2.24) is 10.2 Å². The lowest BCUT2D eigenvalue weighted by molar-refractivity contribution is -0.132. The number of ether oxygens (including phenoxy) is 1. The molecular weight excluding hydrogens is 347 g/mol. The van der Waals surface area contributed by atoms with Crippen LogP contribution in [0.3, 0.4) is 0 Å². The van der Waals surface area contributed by atoms with Crippen LogP contribution < -0.4 is 10.1 Å². The topological polar surface area (TPSA) is 41.6 Å².